The lowest BCUT2D eigenvalue weighted by molar-refractivity contribution is -0.165. The fourth-order valence-electron chi connectivity index (χ4n) is 6.59. The van der Waals surface area contributed by atoms with Gasteiger partial charge in [0.25, 0.3) is 0 Å². The minimum Gasteiger partial charge on any atom is -0.492 e. The highest BCUT2D eigenvalue weighted by atomic mass is 16.5. The molecule has 12 heteroatoms. The number of aryl methyl sites for hydroxylation is 2. The number of hydrogen-bond acceptors (Lipinski definition) is 10. The minimum absolute atomic E-state index is 0.758. The summed E-state index contributed by atoms with van der Waals surface area (Å²) in [6.45, 7) is 17.0. The summed E-state index contributed by atoms with van der Waals surface area (Å²) in [6.07, 6.45) is -2.69. The lowest BCUT2D eigenvalue weighted by atomic mass is 10.0. The Labute approximate surface area is 343 Å². The Balaban J connectivity index is 0.000000209. The van der Waals surface area contributed by atoms with Crippen LogP contribution >= 0.6 is 0 Å². The normalized spacial score (nSPS) is 16.2. The maximum absolute atomic E-state index is 9.77. The first-order valence-corrected chi connectivity index (χ1v) is 20.0. The second kappa shape index (κ2) is 24.2. The van der Waals surface area contributed by atoms with Gasteiger partial charge in [0.1, 0.15) is 24.7 Å². The number of carbonyl (C=O) groups is 2. The van der Waals surface area contributed by atoms with Crippen molar-refractivity contribution in [2.45, 2.75) is 38.9 Å². The molecule has 2 atom stereocenters. The highest BCUT2D eigenvalue weighted by molar-refractivity contribution is 5.83. The van der Waals surface area contributed by atoms with Crippen molar-refractivity contribution in [3.8, 4) is 11.5 Å². The van der Waals surface area contributed by atoms with E-state index in [9.17, 15) is 9.59 Å². The zero-order valence-corrected chi connectivity index (χ0v) is 34.5. The van der Waals surface area contributed by atoms with Crippen LogP contribution in [-0.2, 0) is 22.4 Å². The van der Waals surface area contributed by atoms with Crippen LogP contribution in [0.5, 0.6) is 11.5 Å². The Morgan fingerprint density at radius 3 is 1.22 bits per heavy atom. The maximum atomic E-state index is 9.77. The van der Waals surface area contributed by atoms with E-state index in [0.29, 0.717) is 0 Å². The van der Waals surface area contributed by atoms with E-state index in [0.717, 1.165) is 103 Å². The summed E-state index contributed by atoms with van der Waals surface area (Å²) in [4.78, 5) is 29.3. The highest BCUT2D eigenvalue weighted by Crippen LogP contribution is 2.25. The molecule has 58 heavy (non-hydrogen) atoms. The molecular weight excluding hydrogens is 737 g/mol. The van der Waals surface area contributed by atoms with Crippen LogP contribution in [0.15, 0.2) is 97.1 Å². The lowest BCUT2D eigenvalue weighted by Crippen LogP contribution is -2.45. The van der Waals surface area contributed by atoms with Gasteiger partial charge in [-0.05, 0) is 62.3 Å². The topological polar surface area (TPSA) is 146 Å². The molecule has 2 aliphatic rings. The summed E-state index contributed by atoms with van der Waals surface area (Å²) in [7, 11) is 4.38. The van der Waals surface area contributed by atoms with Crippen molar-refractivity contribution >= 4 is 11.9 Å². The van der Waals surface area contributed by atoms with Crippen LogP contribution in [0, 0.1) is 13.8 Å². The van der Waals surface area contributed by atoms with Crippen molar-refractivity contribution in [3.05, 3.63) is 130 Å². The van der Waals surface area contributed by atoms with Crippen molar-refractivity contribution in [2.75, 3.05) is 92.8 Å². The third kappa shape index (κ3) is 16.2. The van der Waals surface area contributed by atoms with E-state index >= 15 is 0 Å². The second-order valence-corrected chi connectivity index (χ2v) is 15.1. The number of hydrogen-bond donors (Lipinski definition) is 4. The predicted octanol–water partition coefficient (Wildman–Crippen LogP) is 4.30. The first-order chi connectivity index (χ1) is 27.9. The number of carboxylic acids is 2. The Hall–Kier alpha value is -4.82. The van der Waals surface area contributed by atoms with Gasteiger partial charge in [-0.3, -0.25) is 9.80 Å². The van der Waals surface area contributed by atoms with Gasteiger partial charge in [-0.25, -0.2) is 9.59 Å². The summed E-state index contributed by atoms with van der Waals surface area (Å²) in [5, 5.41) is 32.5. The summed E-state index contributed by atoms with van der Waals surface area (Å²) in [6, 6.07) is 34.2. The summed E-state index contributed by atoms with van der Waals surface area (Å²) in [5.41, 5.74) is 7.78. The summed E-state index contributed by atoms with van der Waals surface area (Å²) in [5.74, 6) is -1.48. The molecule has 0 saturated carbocycles. The van der Waals surface area contributed by atoms with E-state index in [2.05, 4.69) is 145 Å². The van der Waals surface area contributed by atoms with Crippen LogP contribution in [0.4, 0.5) is 0 Å². The average Bonchev–Trinajstić information content (AvgIpc) is 3.21. The molecule has 2 saturated heterocycles. The molecule has 0 bridgehead atoms. The third-order valence-electron chi connectivity index (χ3n) is 10.2. The van der Waals surface area contributed by atoms with Crippen LogP contribution in [0.25, 0.3) is 0 Å². The zero-order valence-electron chi connectivity index (χ0n) is 34.5. The molecule has 6 rings (SSSR count). The van der Waals surface area contributed by atoms with Crippen LogP contribution < -0.4 is 9.47 Å². The molecule has 2 fully saturated rings. The number of rotatable bonds is 15. The molecule has 314 valence electrons. The monoisotopic (exact) mass is 798 g/mol. The molecular formula is C46H62N4O8. The van der Waals surface area contributed by atoms with E-state index in [1.807, 2.05) is 0 Å². The summed E-state index contributed by atoms with van der Waals surface area (Å²) >= 11 is 0. The van der Waals surface area contributed by atoms with Crippen molar-refractivity contribution in [1.82, 2.24) is 19.6 Å². The predicted molar refractivity (Wildman–Crippen MR) is 227 cm³/mol. The number of likely N-dealkylation sites (N-methyl/N-ethyl adjacent to an activating group) is 2. The molecule has 0 spiro atoms. The van der Waals surface area contributed by atoms with Crippen LogP contribution in [0.1, 0.15) is 33.4 Å². The molecule has 2 heterocycles. The van der Waals surface area contributed by atoms with Crippen LogP contribution in [0.3, 0.4) is 0 Å². The van der Waals surface area contributed by atoms with E-state index in [1.54, 1.807) is 0 Å². The largest absolute Gasteiger partial charge is 0.492 e. The minimum atomic E-state index is -2.27. The third-order valence-corrected chi connectivity index (χ3v) is 10.2. The molecule has 12 nitrogen and oxygen atoms in total. The number of carboxylic acid groups (broad SMARTS) is 2. The smallest absolute Gasteiger partial charge is 0.335 e. The number of piperazine rings is 2. The standard InChI is InChI=1S/2C21H28N2O.C4H6O6/c2*1-18-8-9-21(20(16-18)17-19-6-4-3-5-7-19)24-15-14-23-12-10-22(2)11-13-23;5-1(3(7)8)2(6)4(9)10/h2*3-9,16H,10-15,17H2,1-2H3;1-2,5-6H,(H,7,8)(H,9,10). The lowest BCUT2D eigenvalue weighted by Gasteiger charge is -2.32. The second-order valence-electron chi connectivity index (χ2n) is 15.1. The van der Waals surface area contributed by atoms with E-state index in [4.69, 9.17) is 29.9 Å². The van der Waals surface area contributed by atoms with Gasteiger partial charge in [0.15, 0.2) is 12.2 Å². The fraction of sp³-hybridized carbons (Fsp3) is 0.435. The molecule has 2 aliphatic heterocycles. The number of aliphatic carboxylic acids is 2. The number of aliphatic hydroxyl groups is 2. The first kappa shape index (κ1) is 45.9. The molecule has 4 aromatic carbocycles. The molecule has 2 unspecified atom stereocenters. The van der Waals surface area contributed by atoms with E-state index in [1.165, 1.54) is 33.4 Å². The van der Waals surface area contributed by atoms with Gasteiger partial charge in [0.2, 0.25) is 0 Å². The van der Waals surface area contributed by atoms with Gasteiger partial charge < -0.3 is 39.7 Å². The van der Waals surface area contributed by atoms with Gasteiger partial charge in [-0.1, -0.05) is 96.1 Å². The molecule has 0 aliphatic carbocycles. The highest BCUT2D eigenvalue weighted by Gasteiger charge is 2.29. The van der Waals surface area contributed by atoms with Gasteiger partial charge in [-0.2, -0.15) is 0 Å². The van der Waals surface area contributed by atoms with E-state index < -0.39 is 24.1 Å². The molecule has 0 amide bonds. The Kier molecular flexibility index (Phi) is 19.1. The van der Waals surface area contributed by atoms with E-state index in [-0.39, 0.29) is 0 Å². The Morgan fingerprint density at radius 2 is 0.897 bits per heavy atom. The Morgan fingerprint density at radius 1 is 0.552 bits per heavy atom. The van der Waals surface area contributed by atoms with Crippen molar-refractivity contribution in [1.29, 1.82) is 0 Å². The van der Waals surface area contributed by atoms with Crippen LogP contribution in [0.2, 0.25) is 0 Å². The summed E-state index contributed by atoms with van der Waals surface area (Å²) < 4.78 is 12.3. The quantitative estimate of drug-likeness (QED) is 0.136. The molecule has 0 aromatic heterocycles. The van der Waals surface area contributed by atoms with Gasteiger partial charge in [-0.15, -0.1) is 0 Å². The number of nitrogens with zero attached hydrogens (tertiary/aromatic N) is 4. The van der Waals surface area contributed by atoms with Gasteiger partial charge in [0.05, 0.1) is 0 Å². The number of benzene rings is 4. The van der Waals surface area contributed by atoms with Gasteiger partial charge >= 0.3 is 11.9 Å². The Bertz CT molecular complexity index is 1680. The average molecular weight is 799 g/mol. The van der Waals surface area contributed by atoms with Crippen molar-refractivity contribution in [2.24, 2.45) is 0 Å². The van der Waals surface area contributed by atoms with Crippen molar-refractivity contribution < 1.29 is 39.5 Å². The maximum Gasteiger partial charge on any atom is 0.335 e. The molecule has 4 aromatic rings. The molecule has 0 radical (unpaired) electrons. The molecule has 4 N–H and O–H groups in total. The zero-order chi connectivity index (χ0) is 41.9. The SMILES string of the molecule is Cc1ccc(OCCN2CCN(C)CC2)c(Cc2ccccc2)c1.Cc1ccc(OCCN2CCN(C)CC2)c(Cc2ccccc2)c1.O=C(O)C(O)C(O)C(=O)O. The van der Waals surface area contributed by atoms with Crippen LogP contribution in [-0.4, -0.2) is 157 Å². The number of aliphatic hydroxyl groups excluding tert-OH is 2. The fourth-order valence-corrected chi connectivity index (χ4v) is 6.59. The number of ether oxygens (including phenoxy) is 2. The van der Waals surface area contributed by atoms with Gasteiger partial charge in [0, 0.05) is 78.3 Å². The first-order valence-electron chi connectivity index (χ1n) is 20.0. The van der Waals surface area contributed by atoms with Crippen molar-refractivity contribution in [3.63, 3.8) is 0 Å².